The summed E-state index contributed by atoms with van der Waals surface area (Å²) in [5.41, 5.74) is 1.30. The first-order valence-corrected chi connectivity index (χ1v) is 5.52. The zero-order valence-electron chi connectivity index (χ0n) is 9.45. The number of aromatic nitrogens is 2. The number of rotatable bonds is 1. The van der Waals surface area contributed by atoms with Crippen molar-refractivity contribution in [1.29, 1.82) is 0 Å². The summed E-state index contributed by atoms with van der Waals surface area (Å²) in [6, 6.07) is 12.3. The summed E-state index contributed by atoms with van der Waals surface area (Å²) in [7, 11) is 0. The van der Waals surface area contributed by atoms with Crippen molar-refractivity contribution < 1.29 is 5.21 Å². The first kappa shape index (κ1) is 10.5. The van der Waals surface area contributed by atoms with Gasteiger partial charge in [-0.1, -0.05) is 18.2 Å². The molecule has 2 aromatic heterocycles. The number of pyridine rings is 2. The second-order valence-corrected chi connectivity index (χ2v) is 3.95. The first-order valence-electron chi connectivity index (χ1n) is 5.52. The second-order valence-electron chi connectivity index (χ2n) is 3.95. The van der Waals surface area contributed by atoms with Crippen LogP contribution in [0.3, 0.4) is 0 Å². The van der Waals surface area contributed by atoms with E-state index < -0.39 is 0 Å². The molecule has 0 saturated heterocycles. The minimum absolute atomic E-state index is 0.130. The van der Waals surface area contributed by atoms with Crippen LogP contribution in [0.25, 0.3) is 22.2 Å². The molecular formula is C14H10N2O2. The van der Waals surface area contributed by atoms with E-state index in [9.17, 15) is 10.0 Å². The van der Waals surface area contributed by atoms with Crippen molar-refractivity contribution in [2.45, 2.75) is 0 Å². The summed E-state index contributed by atoms with van der Waals surface area (Å²) in [6.07, 6.45) is 3.01. The van der Waals surface area contributed by atoms with Crippen LogP contribution in [0, 0.1) is 0 Å². The van der Waals surface area contributed by atoms with Crippen LogP contribution in [0.2, 0.25) is 0 Å². The largest absolute Gasteiger partial charge is 0.428 e. The molecule has 0 saturated carbocycles. The quantitative estimate of drug-likeness (QED) is 0.662. The van der Waals surface area contributed by atoms with Crippen LogP contribution in [-0.2, 0) is 0 Å². The van der Waals surface area contributed by atoms with Crippen LogP contribution in [-0.4, -0.2) is 14.9 Å². The molecule has 0 aliphatic carbocycles. The van der Waals surface area contributed by atoms with Gasteiger partial charge in [-0.15, -0.1) is 0 Å². The van der Waals surface area contributed by atoms with Crippen molar-refractivity contribution in [3.8, 4) is 11.3 Å². The van der Waals surface area contributed by atoms with E-state index in [1.807, 2.05) is 0 Å². The molecule has 1 N–H and O–H groups in total. The Kier molecular flexibility index (Phi) is 2.34. The highest BCUT2D eigenvalue weighted by Gasteiger charge is 2.10. The lowest BCUT2D eigenvalue weighted by atomic mass is 10.1. The molecule has 0 amide bonds. The Balaban J connectivity index is 2.39. The summed E-state index contributed by atoms with van der Waals surface area (Å²) in [4.78, 5) is 16.4. The van der Waals surface area contributed by atoms with E-state index in [0.29, 0.717) is 22.2 Å². The van der Waals surface area contributed by atoms with Crippen molar-refractivity contribution in [1.82, 2.24) is 9.71 Å². The van der Waals surface area contributed by atoms with Gasteiger partial charge in [0, 0.05) is 11.6 Å². The van der Waals surface area contributed by atoms with Gasteiger partial charge in [-0.3, -0.25) is 9.78 Å². The maximum absolute atomic E-state index is 12.3. The third kappa shape index (κ3) is 1.55. The molecule has 3 aromatic rings. The van der Waals surface area contributed by atoms with E-state index in [1.165, 1.54) is 6.20 Å². The van der Waals surface area contributed by atoms with Crippen LogP contribution >= 0.6 is 0 Å². The Morgan fingerprint density at radius 2 is 1.83 bits per heavy atom. The van der Waals surface area contributed by atoms with Gasteiger partial charge in [0.15, 0.2) is 5.43 Å². The van der Waals surface area contributed by atoms with Gasteiger partial charge >= 0.3 is 0 Å². The molecule has 4 nitrogen and oxygen atoms in total. The van der Waals surface area contributed by atoms with E-state index in [1.54, 1.807) is 48.7 Å². The number of para-hydroxylation sites is 1. The van der Waals surface area contributed by atoms with Crippen molar-refractivity contribution >= 4 is 10.9 Å². The molecule has 0 unspecified atom stereocenters. The van der Waals surface area contributed by atoms with Gasteiger partial charge in [-0.2, -0.15) is 4.73 Å². The molecule has 0 spiro atoms. The van der Waals surface area contributed by atoms with Gasteiger partial charge in [-0.25, -0.2) is 0 Å². The Morgan fingerprint density at radius 1 is 1.06 bits per heavy atom. The van der Waals surface area contributed by atoms with E-state index in [2.05, 4.69) is 4.98 Å². The minimum Gasteiger partial charge on any atom is -0.428 e. The molecule has 0 fully saturated rings. The van der Waals surface area contributed by atoms with E-state index >= 15 is 0 Å². The number of nitrogens with zero attached hydrogens (tertiary/aromatic N) is 2. The number of fused-ring (bicyclic) bond motifs is 1. The number of hydrogen-bond acceptors (Lipinski definition) is 3. The molecule has 1 aromatic carbocycles. The van der Waals surface area contributed by atoms with E-state index in [0.717, 1.165) is 4.73 Å². The van der Waals surface area contributed by atoms with Gasteiger partial charge in [0.25, 0.3) is 0 Å². The Hall–Kier alpha value is -2.62. The Labute approximate surface area is 103 Å². The maximum Gasteiger partial charge on any atom is 0.199 e. The van der Waals surface area contributed by atoms with Crippen molar-refractivity contribution in [3.63, 3.8) is 0 Å². The summed E-state index contributed by atoms with van der Waals surface area (Å²) in [5, 5.41) is 10.4. The van der Waals surface area contributed by atoms with Gasteiger partial charge in [-0.05, 0) is 24.3 Å². The molecule has 2 heterocycles. The lowest BCUT2D eigenvalue weighted by Gasteiger charge is -2.06. The molecule has 0 aliphatic rings. The van der Waals surface area contributed by atoms with Crippen LogP contribution in [0.4, 0.5) is 0 Å². The molecule has 88 valence electrons. The zero-order valence-corrected chi connectivity index (χ0v) is 9.45. The average molecular weight is 238 g/mol. The summed E-state index contributed by atoms with van der Waals surface area (Å²) in [5.74, 6) is 0. The summed E-state index contributed by atoms with van der Waals surface area (Å²) >= 11 is 0. The first-order chi connectivity index (χ1) is 8.77. The average Bonchev–Trinajstić information content (AvgIpc) is 2.44. The molecule has 0 atom stereocenters. The standard InChI is InChI=1S/C14H10N2O2/c17-14-10-5-1-2-7-13(10)16(18)9-11(14)12-6-3-4-8-15-12/h1-9,18H. The normalized spacial score (nSPS) is 10.7. The molecule has 0 bridgehead atoms. The predicted octanol–water partition coefficient (Wildman–Crippen LogP) is 2.30. The van der Waals surface area contributed by atoms with Crippen molar-refractivity contribution in [2.75, 3.05) is 0 Å². The number of hydrogen-bond donors (Lipinski definition) is 1. The third-order valence-corrected chi connectivity index (χ3v) is 2.83. The topological polar surface area (TPSA) is 55.1 Å². The lowest BCUT2D eigenvalue weighted by molar-refractivity contribution is 0.198. The fourth-order valence-corrected chi connectivity index (χ4v) is 1.97. The van der Waals surface area contributed by atoms with Gasteiger partial charge in [0.1, 0.15) is 0 Å². The minimum atomic E-state index is -0.130. The second kappa shape index (κ2) is 4.00. The highest BCUT2D eigenvalue weighted by Crippen LogP contribution is 2.16. The van der Waals surface area contributed by atoms with Crippen LogP contribution in [0.5, 0.6) is 0 Å². The van der Waals surface area contributed by atoms with Crippen LogP contribution in [0.15, 0.2) is 59.7 Å². The summed E-state index contributed by atoms with van der Waals surface area (Å²) < 4.78 is 0.959. The van der Waals surface area contributed by atoms with E-state index in [4.69, 9.17) is 0 Å². The highest BCUT2D eigenvalue weighted by atomic mass is 16.5. The molecule has 18 heavy (non-hydrogen) atoms. The molecule has 0 aliphatic heterocycles. The molecule has 3 rings (SSSR count). The third-order valence-electron chi connectivity index (χ3n) is 2.83. The van der Waals surface area contributed by atoms with Gasteiger partial charge in [0.2, 0.25) is 0 Å². The molecule has 4 heteroatoms. The van der Waals surface area contributed by atoms with Gasteiger partial charge in [0.05, 0.1) is 23.0 Å². The summed E-state index contributed by atoms with van der Waals surface area (Å²) in [6.45, 7) is 0. The molecular weight excluding hydrogens is 228 g/mol. The highest BCUT2D eigenvalue weighted by molar-refractivity contribution is 5.82. The smallest absolute Gasteiger partial charge is 0.199 e. The van der Waals surface area contributed by atoms with Gasteiger partial charge < -0.3 is 5.21 Å². The Bertz CT molecular complexity index is 764. The van der Waals surface area contributed by atoms with Crippen LogP contribution < -0.4 is 5.43 Å². The fourth-order valence-electron chi connectivity index (χ4n) is 1.97. The van der Waals surface area contributed by atoms with E-state index in [-0.39, 0.29) is 5.43 Å². The monoisotopic (exact) mass is 238 g/mol. The van der Waals surface area contributed by atoms with Crippen molar-refractivity contribution in [2.24, 2.45) is 0 Å². The fraction of sp³-hybridized carbons (Fsp3) is 0. The lowest BCUT2D eigenvalue weighted by Crippen LogP contribution is -2.11. The molecule has 0 radical (unpaired) electrons. The zero-order chi connectivity index (χ0) is 12.5. The number of benzene rings is 1. The van der Waals surface area contributed by atoms with Crippen LogP contribution in [0.1, 0.15) is 0 Å². The maximum atomic E-state index is 12.3. The SMILES string of the molecule is O=c1c(-c2ccccn2)cn(O)c2ccccc12. The Morgan fingerprint density at radius 3 is 2.61 bits per heavy atom. The van der Waals surface area contributed by atoms with Crippen molar-refractivity contribution in [3.05, 3.63) is 65.1 Å². The predicted molar refractivity (Wildman–Crippen MR) is 68.6 cm³/mol.